The summed E-state index contributed by atoms with van der Waals surface area (Å²) in [7, 11) is 1.35. The predicted octanol–water partition coefficient (Wildman–Crippen LogP) is 1.84. The van der Waals surface area contributed by atoms with Crippen LogP contribution in [0.2, 0.25) is 0 Å². The third kappa shape index (κ3) is 2.85. The van der Waals surface area contributed by atoms with Crippen LogP contribution in [0.25, 0.3) is 0 Å². The summed E-state index contributed by atoms with van der Waals surface area (Å²) in [5.41, 5.74) is -0.819. The normalized spacial score (nSPS) is 14.9. The van der Waals surface area contributed by atoms with E-state index in [-0.39, 0.29) is 5.97 Å². The van der Waals surface area contributed by atoms with E-state index in [1.807, 2.05) is 0 Å². The van der Waals surface area contributed by atoms with Gasteiger partial charge in [-0.3, -0.25) is 0 Å². The summed E-state index contributed by atoms with van der Waals surface area (Å²) in [6, 6.07) is 0. The standard InChI is InChI=1S/C8H15NO2S/c1-4-5-6-8(2,9-12)7(10)11-3/h4-6H2,1-3H3. The molecule has 4 heteroatoms. The van der Waals surface area contributed by atoms with Crippen molar-refractivity contribution < 1.29 is 9.53 Å². The van der Waals surface area contributed by atoms with Crippen molar-refractivity contribution in [2.45, 2.75) is 38.6 Å². The van der Waals surface area contributed by atoms with E-state index in [0.29, 0.717) is 6.42 Å². The Morgan fingerprint density at radius 2 is 2.25 bits per heavy atom. The zero-order valence-corrected chi connectivity index (χ0v) is 8.61. The Hall–Kier alpha value is -0.510. The molecule has 1 unspecified atom stereocenters. The van der Waals surface area contributed by atoms with E-state index < -0.39 is 5.54 Å². The molecule has 0 aliphatic carbocycles. The first-order chi connectivity index (χ1) is 5.60. The Bertz CT molecular complexity index is 172. The highest BCUT2D eigenvalue weighted by molar-refractivity contribution is 7.47. The molecule has 0 N–H and O–H groups in total. The van der Waals surface area contributed by atoms with Gasteiger partial charge in [-0.2, -0.15) is 0 Å². The van der Waals surface area contributed by atoms with Crippen LogP contribution in [0.1, 0.15) is 33.1 Å². The van der Waals surface area contributed by atoms with E-state index in [1.165, 1.54) is 7.11 Å². The summed E-state index contributed by atoms with van der Waals surface area (Å²) in [5, 5.41) is 0. The van der Waals surface area contributed by atoms with Crippen LogP contribution in [0.3, 0.4) is 0 Å². The van der Waals surface area contributed by atoms with Crippen molar-refractivity contribution in [3.05, 3.63) is 0 Å². The first kappa shape index (κ1) is 11.5. The molecule has 0 aromatic carbocycles. The van der Waals surface area contributed by atoms with Crippen molar-refractivity contribution in [2.75, 3.05) is 7.11 Å². The van der Waals surface area contributed by atoms with Gasteiger partial charge in [0, 0.05) is 12.4 Å². The van der Waals surface area contributed by atoms with Crippen LogP contribution in [0.4, 0.5) is 0 Å². The van der Waals surface area contributed by atoms with Crippen molar-refractivity contribution in [1.29, 1.82) is 0 Å². The number of carbonyl (C=O) groups is 1. The Morgan fingerprint density at radius 1 is 1.67 bits per heavy atom. The lowest BCUT2D eigenvalue weighted by molar-refractivity contribution is -0.146. The van der Waals surface area contributed by atoms with Gasteiger partial charge in [0.15, 0.2) is 5.54 Å². The molecule has 0 aromatic rings. The molecule has 0 spiro atoms. The Kier molecular flexibility index (Phi) is 4.97. The molecule has 0 aromatic heterocycles. The molecular formula is C8H15NO2S. The van der Waals surface area contributed by atoms with Crippen LogP contribution < -0.4 is 0 Å². The molecule has 0 rings (SSSR count). The van der Waals surface area contributed by atoms with Crippen LogP contribution in [0.15, 0.2) is 4.36 Å². The Labute approximate surface area is 78.7 Å². The van der Waals surface area contributed by atoms with Crippen LogP contribution in [-0.4, -0.2) is 18.6 Å². The molecule has 0 saturated carbocycles. The summed E-state index contributed by atoms with van der Waals surface area (Å²) >= 11 is 4.57. The minimum absolute atomic E-state index is 0.342. The number of methoxy groups -OCH3 is 1. The van der Waals surface area contributed by atoms with Gasteiger partial charge in [0.05, 0.1) is 7.11 Å². The van der Waals surface area contributed by atoms with Crippen LogP contribution >= 0.6 is 0 Å². The first-order valence-corrected chi connectivity index (χ1v) is 4.40. The lowest BCUT2D eigenvalue weighted by atomic mass is 9.97. The number of esters is 1. The number of carbonyl (C=O) groups excluding carboxylic acids is 1. The maximum atomic E-state index is 11.2. The lowest BCUT2D eigenvalue weighted by Gasteiger charge is -2.19. The SMILES string of the molecule is CCCCC(C)(N=S)C(=O)OC. The molecule has 0 bridgehead atoms. The number of rotatable bonds is 5. The molecule has 0 aliphatic rings. The third-order valence-electron chi connectivity index (χ3n) is 1.84. The van der Waals surface area contributed by atoms with Crippen LogP contribution in [-0.2, 0) is 22.0 Å². The number of unbranched alkanes of at least 4 members (excludes halogenated alkanes) is 1. The van der Waals surface area contributed by atoms with Crippen molar-refractivity contribution >= 4 is 18.4 Å². The van der Waals surface area contributed by atoms with Gasteiger partial charge in [0.1, 0.15) is 0 Å². The molecular weight excluding hydrogens is 174 g/mol. The smallest absolute Gasteiger partial charge is 0.334 e. The predicted molar refractivity (Wildman–Crippen MR) is 49.7 cm³/mol. The molecule has 0 aliphatic heterocycles. The van der Waals surface area contributed by atoms with Crippen molar-refractivity contribution in [3.63, 3.8) is 0 Å². The van der Waals surface area contributed by atoms with E-state index in [9.17, 15) is 4.79 Å². The van der Waals surface area contributed by atoms with Gasteiger partial charge in [0.2, 0.25) is 0 Å². The molecule has 0 amide bonds. The van der Waals surface area contributed by atoms with Gasteiger partial charge in [-0.1, -0.05) is 19.8 Å². The molecule has 0 fully saturated rings. The maximum absolute atomic E-state index is 11.2. The summed E-state index contributed by atoms with van der Waals surface area (Å²) in [6.07, 6.45) is 2.63. The number of hydrogen-bond acceptors (Lipinski definition) is 4. The molecule has 0 saturated heterocycles. The van der Waals surface area contributed by atoms with E-state index in [2.05, 4.69) is 28.4 Å². The van der Waals surface area contributed by atoms with Crippen LogP contribution in [0.5, 0.6) is 0 Å². The largest absolute Gasteiger partial charge is 0.467 e. The second-order valence-corrected chi connectivity index (χ2v) is 3.14. The average Bonchev–Trinajstić information content (AvgIpc) is 2.12. The molecule has 0 heterocycles. The van der Waals surface area contributed by atoms with E-state index in [0.717, 1.165) is 12.8 Å². The minimum Gasteiger partial charge on any atom is -0.467 e. The second-order valence-electron chi connectivity index (χ2n) is 2.96. The molecule has 3 nitrogen and oxygen atoms in total. The highest BCUT2D eigenvalue weighted by Gasteiger charge is 2.32. The fourth-order valence-corrected chi connectivity index (χ4v) is 1.09. The van der Waals surface area contributed by atoms with Gasteiger partial charge in [-0.25, -0.2) is 9.16 Å². The lowest BCUT2D eigenvalue weighted by Crippen LogP contribution is -2.33. The van der Waals surface area contributed by atoms with Gasteiger partial charge < -0.3 is 4.74 Å². The van der Waals surface area contributed by atoms with Crippen molar-refractivity contribution in [3.8, 4) is 0 Å². The van der Waals surface area contributed by atoms with Gasteiger partial charge in [-0.05, 0) is 13.3 Å². The van der Waals surface area contributed by atoms with Crippen molar-refractivity contribution in [2.24, 2.45) is 4.36 Å². The van der Waals surface area contributed by atoms with E-state index in [4.69, 9.17) is 0 Å². The van der Waals surface area contributed by atoms with Gasteiger partial charge in [0.25, 0.3) is 0 Å². The van der Waals surface area contributed by atoms with E-state index in [1.54, 1.807) is 6.92 Å². The quantitative estimate of drug-likeness (QED) is 0.619. The highest BCUT2D eigenvalue weighted by atomic mass is 32.1. The number of ether oxygens (including phenoxy) is 1. The summed E-state index contributed by atoms with van der Waals surface area (Å²) in [4.78, 5) is 11.2. The summed E-state index contributed by atoms with van der Waals surface area (Å²) in [5.74, 6) is -0.342. The number of hydrogen-bond donors (Lipinski definition) is 0. The molecule has 1 atom stereocenters. The first-order valence-electron chi connectivity index (χ1n) is 4.03. The zero-order valence-electron chi connectivity index (χ0n) is 7.79. The molecule has 0 radical (unpaired) electrons. The van der Waals surface area contributed by atoms with Crippen LogP contribution in [0, 0.1) is 0 Å². The summed E-state index contributed by atoms with van der Waals surface area (Å²) in [6.45, 7) is 3.77. The maximum Gasteiger partial charge on any atom is 0.334 e. The third-order valence-corrected chi connectivity index (χ3v) is 2.25. The average molecular weight is 189 g/mol. The topological polar surface area (TPSA) is 38.7 Å². The summed E-state index contributed by atoms with van der Waals surface area (Å²) < 4.78 is 8.24. The second kappa shape index (κ2) is 5.19. The fourth-order valence-electron chi connectivity index (χ4n) is 0.926. The molecule has 70 valence electrons. The Balaban J connectivity index is 4.23. The van der Waals surface area contributed by atoms with E-state index >= 15 is 0 Å². The monoisotopic (exact) mass is 189 g/mol. The molecule has 12 heavy (non-hydrogen) atoms. The minimum atomic E-state index is -0.819. The number of nitrogens with zero attached hydrogens (tertiary/aromatic N) is 1. The fraction of sp³-hybridized carbons (Fsp3) is 0.875. The van der Waals surface area contributed by atoms with Crippen molar-refractivity contribution in [1.82, 2.24) is 0 Å². The van der Waals surface area contributed by atoms with Gasteiger partial charge in [-0.15, -0.1) is 0 Å². The van der Waals surface area contributed by atoms with Gasteiger partial charge >= 0.3 is 5.97 Å². The zero-order chi connectivity index (χ0) is 9.61. The highest BCUT2D eigenvalue weighted by Crippen LogP contribution is 2.19. The Morgan fingerprint density at radius 3 is 2.58 bits per heavy atom.